The van der Waals surface area contributed by atoms with Crippen molar-refractivity contribution in [2.75, 3.05) is 13.7 Å². The van der Waals surface area contributed by atoms with E-state index in [9.17, 15) is 31.2 Å². The lowest BCUT2D eigenvalue weighted by Crippen LogP contribution is -2.43. The van der Waals surface area contributed by atoms with E-state index in [4.69, 9.17) is 4.74 Å². The molecule has 1 heterocycles. The number of likely N-dealkylation sites (N-methyl/N-ethyl adjacent to an activating group) is 1. The molecule has 1 atom stereocenters. The van der Waals surface area contributed by atoms with Gasteiger partial charge in [-0.25, -0.2) is 13.2 Å². The number of benzene rings is 1. The van der Waals surface area contributed by atoms with E-state index >= 15 is 0 Å². The molecule has 2 rings (SSSR count). The van der Waals surface area contributed by atoms with Crippen LogP contribution in [0.3, 0.4) is 0 Å². The molecule has 0 saturated carbocycles. The average Bonchev–Trinajstić information content (AvgIpc) is 2.95. The van der Waals surface area contributed by atoms with Crippen molar-refractivity contribution in [1.29, 1.82) is 0 Å². The molecule has 176 valence electrons. The highest BCUT2D eigenvalue weighted by atomic mass is 32.2. The number of carbonyl (C=O) groups is 2. The van der Waals surface area contributed by atoms with Crippen LogP contribution in [0, 0.1) is 13.8 Å². The molecule has 0 bridgehead atoms. The molecule has 1 aromatic heterocycles. The number of halogens is 3. The zero-order valence-corrected chi connectivity index (χ0v) is 19.4. The molecule has 32 heavy (non-hydrogen) atoms. The number of sulfonamides is 1. The Morgan fingerprint density at radius 1 is 1.22 bits per heavy atom. The summed E-state index contributed by atoms with van der Waals surface area (Å²) in [5.74, 6) is -1.23. The van der Waals surface area contributed by atoms with E-state index in [-0.39, 0.29) is 17.8 Å². The summed E-state index contributed by atoms with van der Waals surface area (Å²) in [4.78, 5) is 24.9. The lowest BCUT2D eigenvalue weighted by molar-refractivity contribution is -0.137. The summed E-state index contributed by atoms with van der Waals surface area (Å²) >= 11 is 0. The topological polar surface area (TPSA) is 85.7 Å². The number of esters is 1. The number of alkyl halides is 3. The Balaban J connectivity index is 2.53. The van der Waals surface area contributed by atoms with Gasteiger partial charge < -0.3 is 9.30 Å². The summed E-state index contributed by atoms with van der Waals surface area (Å²) in [5.41, 5.74) is -0.0120. The second kappa shape index (κ2) is 9.07. The first-order valence-corrected chi connectivity index (χ1v) is 11.1. The monoisotopic (exact) mass is 474 g/mol. The molecule has 7 nitrogen and oxygen atoms in total. The van der Waals surface area contributed by atoms with Crippen molar-refractivity contribution in [2.45, 2.75) is 44.8 Å². The molecule has 1 unspecified atom stereocenters. The normalized spacial score (nSPS) is 13.3. The molecule has 0 amide bonds. The highest BCUT2D eigenvalue weighted by molar-refractivity contribution is 7.89. The Bertz CT molecular complexity index is 1150. The molecule has 0 spiro atoms. The summed E-state index contributed by atoms with van der Waals surface area (Å²) in [5, 5.41) is 0. The molecule has 0 aliphatic heterocycles. The van der Waals surface area contributed by atoms with E-state index in [1.165, 1.54) is 25.5 Å². The van der Waals surface area contributed by atoms with Crippen LogP contribution in [-0.4, -0.2) is 48.7 Å². The van der Waals surface area contributed by atoms with Crippen molar-refractivity contribution in [3.05, 3.63) is 52.3 Å². The number of hydrogen-bond acceptors (Lipinski definition) is 5. The van der Waals surface area contributed by atoms with Gasteiger partial charge >= 0.3 is 12.1 Å². The second-order valence-corrected chi connectivity index (χ2v) is 9.15. The Morgan fingerprint density at radius 3 is 2.31 bits per heavy atom. The molecule has 0 aliphatic carbocycles. The fourth-order valence-electron chi connectivity index (χ4n) is 3.69. The molecule has 1 aromatic carbocycles. The average molecular weight is 475 g/mol. The van der Waals surface area contributed by atoms with Crippen LogP contribution in [0.1, 0.15) is 51.5 Å². The summed E-state index contributed by atoms with van der Waals surface area (Å²) in [6, 6.07) is 2.14. The standard InChI is InChI=1S/C21H25F3N2O5S/c1-7-26(32(29,30)16-10-8-9-15(11-16)21(22,23)24)14(4)19(27)17-12(2)18(20(28)31-6)25(5)13(17)3/h8-11,14H,7H2,1-6H3. The molecule has 0 aliphatic rings. The smallest absolute Gasteiger partial charge is 0.416 e. The summed E-state index contributed by atoms with van der Waals surface area (Å²) < 4.78 is 72.6. The van der Waals surface area contributed by atoms with E-state index in [0.717, 1.165) is 22.5 Å². The fourth-order valence-corrected chi connectivity index (χ4v) is 5.34. The summed E-state index contributed by atoms with van der Waals surface area (Å²) in [6.07, 6.45) is -4.72. The van der Waals surface area contributed by atoms with E-state index in [0.29, 0.717) is 17.3 Å². The third-order valence-corrected chi connectivity index (χ3v) is 7.49. The summed E-state index contributed by atoms with van der Waals surface area (Å²) in [7, 11) is -1.64. The number of ketones is 1. The lowest BCUT2D eigenvalue weighted by atomic mass is 10.0. The molecule has 2 aromatic rings. The number of ether oxygens (including phenoxy) is 1. The van der Waals surface area contributed by atoms with E-state index < -0.39 is 44.5 Å². The Labute approximate surface area is 184 Å². The number of Topliss-reactive ketones (excluding diaryl/α,β-unsaturated/α-hetero) is 1. The van der Waals surface area contributed by atoms with Crippen LogP contribution in [0.2, 0.25) is 0 Å². The van der Waals surface area contributed by atoms with Gasteiger partial charge in [0.15, 0.2) is 5.78 Å². The molecule has 0 radical (unpaired) electrons. The number of rotatable bonds is 7. The molecular formula is C21H25F3N2O5S. The van der Waals surface area contributed by atoms with Crippen LogP contribution in [0.5, 0.6) is 0 Å². The Kier molecular flexibility index (Phi) is 7.25. The van der Waals surface area contributed by atoms with Gasteiger partial charge in [-0.1, -0.05) is 13.0 Å². The second-order valence-electron chi connectivity index (χ2n) is 7.26. The third kappa shape index (κ3) is 4.44. The van der Waals surface area contributed by atoms with Gasteiger partial charge in [0.1, 0.15) is 5.69 Å². The van der Waals surface area contributed by atoms with Gasteiger partial charge in [0.25, 0.3) is 0 Å². The number of carbonyl (C=O) groups excluding carboxylic acids is 2. The maximum atomic E-state index is 13.3. The fraction of sp³-hybridized carbons (Fsp3) is 0.429. The van der Waals surface area contributed by atoms with Gasteiger partial charge in [0.05, 0.1) is 23.6 Å². The minimum absolute atomic E-state index is 0.153. The van der Waals surface area contributed by atoms with Gasteiger partial charge in [-0.2, -0.15) is 17.5 Å². The lowest BCUT2D eigenvalue weighted by Gasteiger charge is -2.27. The zero-order valence-electron chi connectivity index (χ0n) is 18.6. The SMILES string of the molecule is CCN(C(C)C(=O)c1c(C)c(C(=O)OC)n(C)c1C)S(=O)(=O)c1cccc(C(F)(F)F)c1. The van der Waals surface area contributed by atoms with Crippen LogP contribution >= 0.6 is 0 Å². The minimum atomic E-state index is -4.72. The van der Waals surface area contributed by atoms with Crippen molar-refractivity contribution in [1.82, 2.24) is 8.87 Å². The minimum Gasteiger partial charge on any atom is -0.464 e. The van der Waals surface area contributed by atoms with E-state index in [2.05, 4.69) is 0 Å². The number of aromatic nitrogens is 1. The quantitative estimate of drug-likeness (QED) is 0.451. The van der Waals surface area contributed by atoms with Gasteiger partial charge in [0.2, 0.25) is 10.0 Å². The first-order chi connectivity index (χ1) is 14.7. The predicted molar refractivity (Wildman–Crippen MR) is 111 cm³/mol. The maximum Gasteiger partial charge on any atom is 0.416 e. The molecule has 11 heteroatoms. The van der Waals surface area contributed by atoms with Crippen LogP contribution < -0.4 is 0 Å². The highest BCUT2D eigenvalue weighted by Gasteiger charge is 2.37. The van der Waals surface area contributed by atoms with Crippen LogP contribution in [0.4, 0.5) is 13.2 Å². The summed E-state index contributed by atoms with van der Waals surface area (Å²) in [6.45, 7) is 5.86. The number of nitrogens with zero attached hydrogens (tertiary/aromatic N) is 2. The maximum absolute atomic E-state index is 13.3. The molecule has 0 saturated heterocycles. The van der Waals surface area contributed by atoms with Crippen molar-refractivity contribution in [3.8, 4) is 0 Å². The van der Waals surface area contributed by atoms with Crippen molar-refractivity contribution >= 4 is 21.8 Å². The Morgan fingerprint density at radius 2 is 1.81 bits per heavy atom. The number of methoxy groups -OCH3 is 1. The van der Waals surface area contributed by atoms with E-state index in [1.807, 2.05) is 0 Å². The zero-order chi connectivity index (χ0) is 24.6. The first kappa shape index (κ1) is 25.6. The largest absolute Gasteiger partial charge is 0.464 e. The van der Waals surface area contributed by atoms with Gasteiger partial charge in [-0.15, -0.1) is 0 Å². The number of hydrogen-bond donors (Lipinski definition) is 0. The van der Waals surface area contributed by atoms with Crippen LogP contribution in [0.15, 0.2) is 29.2 Å². The molecular weight excluding hydrogens is 449 g/mol. The Hall–Kier alpha value is -2.66. The molecule has 0 fully saturated rings. The van der Waals surface area contributed by atoms with Crippen molar-refractivity contribution in [3.63, 3.8) is 0 Å². The highest BCUT2D eigenvalue weighted by Crippen LogP contribution is 2.32. The van der Waals surface area contributed by atoms with Gasteiger partial charge in [-0.05, 0) is 44.5 Å². The van der Waals surface area contributed by atoms with Crippen LogP contribution in [-0.2, 0) is 28.0 Å². The van der Waals surface area contributed by atoms with Gasteiger partial charge in [0, 0.05) is 24.8 Å². The van der Waals surface area contributed by atoms with Crippen molar-refractivity contribution in [2.24, 2.45) is 7.05 Å². The third-order valence-electron chi connectivity index (χ3n) is 5.45. The van der Waals surface area contributed by atoms with Crippen molar-refractivity contribution < 1.29 is 35.9 Å². The first-order valence-electron chi connectivity index (χ1n) is 9.67. The van der Waals surface area contributed by atoms with Gasteiger partial charge in [-0.3, -0.25) is 4.79 Å². The van der Waals surface area contributed by atoms with Crippen LogP contribution in [0.25, 0.3) is 0 Å². The molecule has 0 N–H and O–H groups in total. The predicted octanol–water partition coefficient (Wildman–Crippen LogP) is 3.73. The van der Waals surface area contributed by atoms with E-state index in [1.54, 1.807) is 20.9 Å².